The van der Waals surface area contributed by atoms with Gasteiger partial charge in [0.1, 0.15) is 24.7 Å². The van der Waals surface area contributed by atoms with E-state index in [1.807, 2.05) is 6.92 Å². The molecule has 1 fully saturated rings. The van der Waals surface area contributed by atoms with E-state index < -0.39 is 72.5 Å². The SMILES string of the molecule is C=Nc1cc(F)c(C)c2c1/C(=C(\C)CNC(C)=O)[C@@H](NC(=O)C(OCNC(=O)CNC(=O)[C@H](Cc1ccccc1)NC(=O)CNC(=O)CNNC(C)=O)C1CC1)CC2. The predicted octanol–water partition coefficient (Wildman–Crippen LogP) is 0.276. The molecule has 58 heavy (non-hydrogen) atoms. The smallest absolute Gasteiger partial charge is 0.249 e. The number of halogens is 1. The monoisotopic (exact) mass is 805 g/mol. The summed E-state index contributed by atoms with van der Waals surface area (Å²) in [5.74, 6) is -4.00. The zero-order valence-electron chi connectivity index (χ0n) is 33.1. The lowest BCUT2D eigenvalue weighted by Gasteiger charge is -2.33. The standard InChI is InChI=1S/C40H52FN9O8/c1-22(17-43-24(3)51)36-30(14-13-28-23(2)29(41)16-31(42-5)37(28)36)49-40(57)38(27-11-12-27)58-21-46-33(53)18-45-39(56)32(15-26-9-7-6-8-10-26)48-35(55)19-44-34(54)20-47-50-25(4)52/h6-10,16,27,30,32,38,47H,5,11-15,17-21H2,1-4H3,(H,43,51)(H,44,54)(H,45,56)(H,46,53)(H,48,55)(H,49,57)(H,50,52)/b36-22+/t30-,32-,38?/m0/s1. The average molecular weight is 806 g/mol. The Hall–Kier alpha value is -6.01. The number of benzene rings is 2. The van der Waals surface area contributed by atoms with Gasteiger partial charge < -0.3 is 36.6 Å². The van der Waals surface area contributed by atoms with Crippen LogP contribution >= 0.6 is 0 Å². The first-order chi connectivity index (χ1) is 27.7. The van der Waals surface area contributed by atoms with Crippen LogP contribution in [0, 0.1) is 18.7 Å². The lowest BCUT2D eigenvalue weighted by atomic mass is 9.78. The van der Waals surface area contributed by atoms with E-state index >= 15 is 0 Å². The molecule has 3 atom stereocenters. The van der Waals surface area contributed by atoms with E-state index in [4.69, 9.17) is 4.74 Å². The van der Waals surface area contributed by atoms with E-state index in [-0.39, 0.29) is 38.1 Å². The van der Waals surface area contributed by atoms with Crippen molar-refractivity contribution >= 4 is 59.3 Å². The van der Waals surface area contributed by atoms with Crippen molar-refractivity contribution in [2.75, 3.05) is 32.9 Å². The Morgan fingerprint density at radius 2 is 1.53 bits per heavy atom. The summed E-state index contributed by atoms with van der Waals surface area (Å²) in [7, 11) is 0. The quantitative estimate of drug-likeness (QED) is 0.0521. The van der Waals surface area contributed by atoms with Crippen molar-refractivity contribution in [1.82, 2.24) is 42.8 Å². The van der Waals surface area contributed by atoms with Gasteiger partial charge in [-0.15, -0.1) is 0 Å². The Morgan fingerprint density at radius 3 is 2.19 bits per heavy atom. The maximum Gasteiger partial charge on any atom is 0.249 e. The zero-order chi connectivity index (χ0) is 42.4. The summed E-state index contributed by atoms with van der Waals surface area (Å²) in [5, 5.41) is 15.9. The average Bonchev–Trinajstić information content (AvgIpc) is 4.03. The van der Waals surface area contributed by atoms with Crippen LogP contribution in [0.5, 0.6) is 0 Å². The molecule has 2 aliphatic rings. The summed E-state index contributed by atoms with van der Waals surface area (Å²) in [6.07, 6.45) is 1.61. The van der Waals surface area contributed by atoms with Crippen molar-refractivity contribution < 1.29 is 42.7 Å². The number of nitrogens with one attached hydrogen (secondary N) is 8. The van der Waals surface area contributed by atoms with Gasteiger partial charge in [0, 0.05) is 38.4 Å². The second kappa shape index (κ2) is 21.5. The summed E-state index contributed by atoms with van der Waals surface area (Å²) in [5.41, 5.74) is 9.12. The summed E-state index contributed by atoms with van der Waals surface area (Å²) >= 11 is 0. The van der Waals surface area contributed by atoms with Gasteiger partial charge in [0.25, 0.3) is 0 Å². The van der Waals surface area contributed by atoms with Crippen LogP contribution in [0.15, 0.2) is 47.0 Å². The van der Waals surface area contributed by atoms with Crippen molar-refractivity contribution in [3.63, 3.8) is 0 Å². The van der Waals surface area contributed by atoms with Crippen LogP contribution in [0.1, 0.15) is 62.3 Å². The van der Waals surface area contributed by atoms with Crippen molar-refractivity contribution in [2.24, 2.45) is 10.9 Å². The zero-order valence-corrected chi connectivity index (χ0v) is 33.1. The van der Waals surface area contributed by atoms with E-state index in [9.17, 15) is 38.0 Å². The van der Waals surface area contributed by atoms with Gasteiger partial charge in [0.15, 0.2) is 0 Å². The lowest BCUT2D eigenvalue weighted by molar-refractivity contribution is -0.137. The van der Waals surface area contributed by atoms with E-state index in [1.165, 1.54) is 19.9 Å². The van der Waals surface area contributed by atoms with E-state index in [0.29, 0.717) is 29.7 Å². The molecule has 2 aromatic rings. The lowest BCUT2D eigenvalue weighted by Crippen LogP contribution is -2.52. The molecule has 312 valence electrons. The van der Waals surface area contributed by atoms with E-state index in [0.717, 1.165) is 35.1 Å². The van der Waals surface area contributed by atoms with Crippen LogP contribution in [-0.2, 0) is 51.1 Å². The second-order valence-corrected chi connectivity index (χ2v) is 14.2. The first-order valence-electron chi connectivity index (χ1n) is 19.0. The topological polar surface area (TPSA) is 237 Å². The van der Waals surface area contributed by atoms with Gasteiger partial charge in [-0.3, -0.25) is 44.0 Å². The largest absolute Gasteiger partial charge is 0.353 e. The minimum atomic E-state index is -1.09. The normalized spacial score (nSPS) is 16.3. The molecule has 18 heteroatoms. The molecule has 0 spiro atoms. The summed E-state index contributed by atoms with van der Waals surface area (Å²) in [6, 6.07) is 8.60. The molecular formula is C40H52FN9O8. The third kappa shape index (κ3) is 13.3. The van der Waals surface area contributed by atoms with Crippen LogP contribution in [0.3, 0.4) is 0 Å². The number of aliphatic imine (C=N–C) groups is 1. The number of hydrogen-bond acceptors (Lipinski definition) is 10. The molecule has 7 amide bonds. The Bertz CT molecular complexity index is 1920. The van der Waals surface area contributed by atoms with Crippen LogP contribution in [0.4, 0.5) is 10.1 Å². The minimum Gasteiger partial charge on any atom is -0.353 e. The number of carbonyl (C=O) groups excluding carboxylic acids is 7. The number of rotatable bonds is 20. The third-order valence-corrected chi connectivity index (χ3v) is 9.64. The molecule has 0 aromatic heterocycles. The Balaban J connectivity index is 1.34. The highest BCUT2D eigenvalue weighted by Gasteiger charge is 2.39. The number of carbonyl (C=O) groups is 7. The second-order valence-electron chi connectivity index (χ2n) is 14.2. The molecule has 0 heterocycles. The minimum absolute atomic E-state index is 0.0808. The molecule has 1 unspecified atom stereocenters. The molecule has 2 aromatic carbocycles. The molecule has 4 rings (SSSR count). The van der Waals surface area contributed by atoms with Crippen LogP contribution < -0.4 is 42.8 Å². The predicted molar refractivity (Wildman–Crippen MR) is 212 cm³/mol. The number of hydrogen-bond donors (Lipinski definition) is 8. The summed E-state index contributed by atoms with van der Waals surface area (Å²) < 4.78 is 20.7. The van der Waals surface area contributed by atoms with E-state index in [2.05, 4.69) is 54.5 Å². The van der Waals surface area contributed by atoms with Crippen LogP contribution in [-0.4, -0.2) is 99.2 Å². The Kier molecular flexibility index (Phi) is 16.6. The first kappa shape index (κ1) is 44.7. The van der Waals surface area contributed by atoms with Crippen molar-refractivity contribution in [3.8, 4) is 0 Å². The number of fused-ring (bicyclic) bond motifs is 1. The van der Waals surface area contributed by atoms with Crippen LogP contribution in [0.2, 0.25) is 0 Å². The van der Waals surface area contributed by atoms with E-state index in [1.54, 1.807) is 37.3 Å². The highest BCUT2D eigenvalue weighted by Crippen LogP contribution is 2.42. The third-order valence-electron chi connectivity index (χ3n) is 9.64. The van der Waals surface area contributed by atoms with Crippen LogP contribution in [0.25, 0.3) is 5.57 Å². The van der Waals surface area contributed by atoms with Gasteiger partial charge in [-0.25, -0.2) is 9.82 Å². The van der Waals surface area contributed by atoms with Gasteiger partial charge in [0.05, 0.1) is 31.4 Å². The van der Waals surface area contributed by atoms with Gasteiger partial charge >= 0.3 is 0 Å². The Labute approximate surface area is 336 Å². The number of ether oxygens (including phenoxy) is 1. The molecule has 0 aliphatic heterocycles. The first-order valence-corrected chi connectivity index (χ1v) is 19.0. The fourth-order valence-corrected chi connectivity index (χ4v) is 6.58. The molecule has 8 N–H and O–H groups in total. The van der Waals surface area contributed by atoms with Crippen molar-refractivity contribution in [1.29, 1.82) is 0 Å². The van der Waals surface area contributed by atoms with Crippen molar-refractivity contribution in [3.05, 3.63) is 70.0 Å². The number of nitrogens with zero attached hydrogens (tertiary/aromatic N) is 1. The van der Waals surface area contributed by atoms with Gasteiger partial charge in [0.2, 0.25) is 41.4 Å². The van der Waals surface area contributed by atoms with Gasteiger partial charge in [-0.1, -0.05) is 30.3 Å². The molecule has 1 saturated carbocycles. The molecule has 17 nitrogen and oxygen atoms in total. The summed E-state index contributed by atoms with van der Waals surface area (Å²) in [4.78, 5) is 91.3. The number of amides is 7. The fraction of sp³-hybridized carbons (Fsp3) is 0.450. The molecule has 0 saturated heterocycles. The number of hydrazine groups is 1. The fourth-order valence-electron chi connectivity index (χ4n) is 6.58. The highest BCUT2D eigenvalue weighted by atomic mass is 19.1. The van der Waals surface area contributed by atoms with Gasteiger partial charge in [-0.2, -0.15) is 0 Å². The van der Waals surface area contributed by atoms with Gasteiger partial charge in [-0.05, 0) is 80.0 Å². The summed E-state index contributed by atoms with van der Waals surface area (Å²) in [6.45, 7) is 8.53. The molecule has 0 bridgehead atoms. The molecule has 0 radical (unpaired) electrons. The molecule has 2 aliphatic carbocycles. The molecular weight excluding hydrogens is 753 g/mol. The maximum atomic E-state index is 14.8. The highest BCUT2D eigenvalue weighted by molar-refractivity contribution is 5.93. The van der Waals surface area contributed by atoms with Crippen molar-refractivity contribution in [2.45, 2.75) is 78.0 Å². The Morgan fingerprint density at radius 1 is 0.845 bits per heavy atom. The maximum absolute atomic E-state index is 14.8.